The van der Waals surface area contributed by atoms with Gasteiger partial charge in [0.25, 0.3) is 0 Å². The maximum atomic E-state index is 5.40. The maximum absolute atomic E-state index is 5.40. The van der Waals surface area contributed by atoms with Crippen molar-refractivity contribution in [3.8, 4) is 0 Å². The van der Waals surface area contributed by atoms with Gasteiger partial charge < -0.3 is 9.64 Å². The van der Waals surface area contributed by atoms with Crippen LogP contribution in [0.3, 0.4) is 0 Å². The molecule has 0 N–H and O–H groups in total. The highest BCUT2D eigenvalue weighted by Crippen LogP contribution is 2.15. The fraction of sp³-hybridized carbons (Fsp3) is 0.312. The van der Waals surface area contributed by atoms with E-state index >= 15 is 0 Å². The van der Waals surface area contributed by atoms with Gasteiger partial charge in [-0.1, -0.05) is 30.3 Å². The second-order valence-corrected chi connectivity index (χ2v) is 5.30. The number of hydrogen-bond acceptors (Lipinski definition) is 5. The zero-order valence-corrected chi connectivity index (χ0v) is 12.2. The Morgan fingerprint density at radius 3 is 2.68 bits per heavy atom. The summed E-state index contributed by atoms with van der Waals surface area (Å²) >= 11 is 0. The summed E-state index contributed by atoms with van der Waals surface area (Å²) in [6.07, 6.45) is 4.44. The summed E-state index contributed by atoms with van der Waals surface area (Å²) in [7, 11) is 0. The number of ether oxygens (including phenoxy) is 1. The number of nitrogens with zero attached hydrogens (tertiary/aromatic N) is 5. The van der Waals surface area contributed by atoms with E-state index in [9.17, 15) is 0 Å². The molecule has 1 aromatic carbocycles. The van der Waals surface area contributed by atoms with E-state index in [0.29, 0.717) is 5.78 Å². The van der Waals surface area contributed by atoms with Gasteiger partial charge in [0, 0.05) is 31.9 Å². The molecule has 4 rings (SSSR count). The van der Waals surface area contributed by atoms with Crippen molar-refractivity contribution in [3.63, 3.8) is 0 Å². The molecule has 2 aromatic heterocycles. The van der Waals surface area contributed by atoms with E-state index < -0.39 is 0 Å². The molecule has 1 aliphatic rings. The highest BCUT2D eigenvalue weighted by atomic mass is 16.5. The molecule has 0 bridgehead atoms. The highest BCUT2D eigenvalue weighted by molar-refractivity contribution is 5.41. The zero-order valence-electron chi connectivity index (χ0n) is 12.2. The molecular weight excluding hydrogens is 278 g/mol. The first kappa shape index (κ1) is 13.2. The topological polar surface area (TPSA) is 55.5 Å². The van der Waals surface area contributed by atoms with Crippen LogP contribution >= 0.6 is 0 Å². The minimum Gasteiger partial charge on any atom is -0.378 e. The van der Waals surface area contributed by atoms with E-state index in [-0.39, 0.29) is 0 Å². The Morgan fingerprint density at radius 1 is 1.05 bits per heavy atom. The lowest BCUT2D eigenvalue weighted by atomic mass is 10.1. The van der Waals surface area contributed by atoms with E-state index in [2.05, 4.69) is 27.0 Å². The van der Waals surface area contributed by atoms with E-state index in [1.165, 1.54) is 5.56 Å². The monoisotopic (exact) mass is 295 g/mol. The lowest BCUT2D eigenvalue weighted by Gasteiger charge is -2.27. The quantitative estimate of drug-likeness (QED) is 0.734. The molecule has 1 saturated heterocycles. The number of benzene rings is 1. The normalized spacial score (nSPS) is 15.4. The minimum atomic E-state index is 0.697. The Bertz CT molecular complexity index is 765. The second kappa shape index (κ2) is 5.73. The molecule has 0 amide bonds. The van der Waals surface area contributed by atoms with Crippen molar-refractivity contribution < 1.29 is 4.74 Å². The van der Waals surface area contributed by atoms with Crippen LogP contribution in [0.2, 0.25) is 0 Å². The highest BCUT2D eigenvalue weighted by Gasteiger charge is 2.17. The predicted molar refractivity (Wildman–Crippen MR) is 83.1 cm³/mol. The van der Waals surface area contributed by atoms with Crippen molar-refractivity contribution in [1.82, 2.24) is 19.4 Å². The number of hydrogen-bond donors (Lipinski definition) is 0. The van der Waals surface area contributed by atoms with E-state index in [0.717, 1.165) is 44.5 Å². The molecule has 1 aliphatic heterocycles. The third-order valence-corrected chi connectivity index (χ3v) is 3.83. The molecule has 112 valence electrons. The van der Waals surface area contributed by atoms with Crippen molar-refractivity contribution in [2.45, 2.75) is 6.42 Å². The van der Waals surface area contributed by atoms with Crippen molar-refractivity contribution >= 4 is 11.7 Å². The Morgan fingerprint density at radius 2 is 1.86 bits per heavy atom. The lowest BCUT2D eigenvalue weighted by molar-refractivity contribution is 0.122. The first-order valence-electron chi connectivity index (χ1n) is 7.47. The van der Waals surface area contributed by atoms with Gasteiger partial charge in [-0.15, -0.1) is 0 Å². The molecule has 3 heterocycles. The number of morpholine rings is 1. The van der Waals surface area contributed by atoms with Gasteiger partial charge in [-0.05, 0) is 5.56 Å². The molecule has 0 unspecified atom stereocenters. The Balaban J connectivity index is 1.73. The van der Waals surface area contributed by atoms with Gasteiger partial charge in [-0.3, -0.25) is 4.40 Å². The van der Waals surface area contributed by atoms with Gasteiger partial charge in [0.1, 0.15) is 5.82 Å². The van der Waals surface area contributed by atoms with Gasteiger partial charge in [0.05, 0.1) is 13.2 Å². The van der Waals surface area contributed by atoms with Crippen LogP contribution in [-0.2, 0) is 11.2 Å². The van der Waals surface area contributed by atoms with Crippen LogP contribution in [0.1, 0.15) is 11.4 Å². The van der Waals surface area contributed by atoms with Crippen LogP contribution in [-0.4, -0.2) is 45.7 Å². The first-order valence-corrected chi connectivity index (χ1v) is 7.47. The van der Waals surface area contributed by atoms with Crippen LogP contribution in [0.4, 0.5) is 5.95 Å². The fourth-order valence-corrected chi connectivity index (χ4v) is 2.67. The molecule has 0 spiro atoms. The third-order valence-electron chi connectivity index (χ3n) is 3.83. The van der Waals surface area contributed by atoms with Crippen molar-refractivity contribution in [2.24, 2.45) is 0 Å². The van der Waals surface area contributed by atoms with Gasteiger partial charge in [0.15, 0.2) is 0 Å². The molecule has 6 nitrogen and oxygen atoms in total. The Hall–Kier alpha value is -2.47. The lowest BCUT2D eigenvalue weighted by Crippen LogP contribution is -2.37. The number of aromatic nitrogens is 4. The van der Waals surface area contributed by atoms with E-state index in [1.807, 2.05) is 28.8 Å². The zero-order chi connectivity index (χ0) is 14.8. The molecule has 0 aliphatic carbocycles. The Kier molecular flexibility index (Phi) is 3.44. The van der Waals surface area contributed by atoms with E-state index in [1.54, 1.807) is 6.20 Å². The van der Waals surface area contributed by atoms with Crippen LogP contribution in [0.5, 0.6) is 0 Å². The predicted octanol–water partition coefficient (Wildman–Crippen LogP) is 1.55. The fourth-order valence-electron chi connectivity index (χ4n) is 2.67. The van der Waals surface area contributed by atoms with Crippen LogP contribution in [0.15, 0.2) is 42.7 Å². The average molecular weight is 295 g/mol. The number of anilines is 1. The van der Waals surface area contributed by atoms with Crippen molar-refractivity contribution in [3.05, 3.63) is 54.1 Å². The molecule has 0 saturated carbocycles. The van der Waals surface area contributed by atoms with Gasteiger partial charge in [-0.2, -0.15) is 9.97 Å². The van der Waals surface area contributed by atoms with Crippen LogP contribution < -0.4 is 4.90 Å². The summed E-state index contributed by atoms with van der Waals surface area (Å²) in [4.78, 5) is 15.8. The standard InChI is InChI=1S/C16H17N5O/c1-2-4-13(5-3-1)12-14-18-16(20-8-10-22-11-9-20)19-15-17-6-7-21(14)15/h1-7H,8-12H2. The summed E-state index contributed by atoms with van der Waals surface area (Å²) in [5.41, 5.74) is 1.23. The first-order chi connectivity index (χ1) is 10.9. The summed E-state index contributed by atoms with van der Waals surface area (Å²) in [5.74, 6) is 2.39. The summed E-state index contributed by atoms with van der Waals surface area (Å²) in [6, 6.07) is 10.3. The summed E-state index contributed by atoms with van der Waals surface area (Å²) in [6.45, 7) is 3.08. The molecule has 1 fully saturated rings. The molecule has 3 aromatic rings. The minimum absolute atomic E-state index is 0.697. The van der Waals surface area contributed by atoms with E-state index in [4.69, 9.17) is 9.72 Å². The third kappa shape index (κ3) is 2.53. The number of rotatable bonds is 3. The smallest absolute Gasteiger partial charge is 0.238 e. The molecule has 6 heteroatoms. The largest absolute Gasteiger partial charge is 0.378 e. The number of fused-ring (bicyclic) bond motifs is 1. The van der Waals surface area contributed by atoms with Crippen LogP contribution in [0.25, 0.3) is 5.78 Å². The average Bonchev–Trinajstić information content (AvgIpc) is 3.05. The van der Waals surface area contributed by atoms with Crippen LogP contribution in [0, 0.1) is 0 Å². The number of imidazole rings is 1. The van der Waals surface area contributed by atoms with Gasteiger partial charge in [-0.25, -0.2) is 4.98 Å². The second-order valence-electron chi connectivity index (χ2n) is 5.30. The molecular formula is C16H17N5O. The molecule has 0 atom stereocenters. The summed E-state index contributed by atoms with van der Waals surface area (Å²) in [5, 5.41) is 0. The van der Waals surface area contributed by atoms with Gasteiger partial charge >= 0.3 is 0 Å². The maximum Gasteiger partial charge on any atom is 0.238 e. The van der Waals surface area contributed by atoms with Gasteiger partial charge in [0.2, 0.25) is 11.7 Å². The van der Waals surface area contributed by atoms with Crippen molar-refractivity contribution in [2.75, 3.05) is 31.2 Å². The SMILES string of the molecule is c1ccc(Cc2nc(N3CCOCC3)nc3nccn23)cc1. The Labute approximate surface area is 128 Å². The molecule has 0 radical (unpaired) electrons. The van der Waals surface area contributed by atoms with Crippen molar-refractivity contribution in [1.29, 1.82) is 0 Å². The summed E-state index contributed by atoms with van der Waals surface area (Å²) < 4.78 is 7.36. The molecule has 22 heavy (non-hydrogen) atoms.